The molecule has 0 aliphatic rings. The normalized spacial score (nSPS) is 13.1. The van der Waals surface area contributed by atoms with E-state index in [1.807, 2.05) is 87.6 Å². The Morgan fingerprint density at radius 2 is 1.56 bits per heavy atom. The van der Waals surface area contributed by atoms with Gasteiger partial charge in [0.1, 0.15) is 5.60 Å². The summed E-state index contributed by atoms with van der Waals surface area (Å²) in [5.74, 6) is 0. The highest BCUT2D eigenvalue weighted by Gasteiger charge is 2.40. The molecule has 1 unspecified atom stereocenters. The average Bonchev–Trinajstić information content (AvgIpc) is 3.02. The van der Waals surface area contributed by atoms with Crippen molar-refractivity contribution in [3.05, 3.63) is 117 Å². The summed E-state index contributed by atoms with van der Waals surface area (Å²) in [4.78, 5) is 15.8. The van der Waals surface area contributed by atoms with E-state index in [1.54, 1.807) is 33.6 Å². The first-order valence-electron chi connectivity index (χ1n) is 10.4. The average molecular weight is 448 g/mol. The summed E-state index contributed by atoms with van der Waals surface area (Å²) in [6, 6.07) is 24.0. The van der Waals surface area contributed by atoms with Crippen LogP contribution in [-0.4, -0.2) is 28.6 Å². The van der Waals surface area contributed by atoms with Gasteiger partial charge in [0.25, 0.3) is 5.56 Å². The molecule has 5 nitrogen and oxygen atoms in total. The lowest BCUT2D eigenvalue weighted by molar-refractivity contribution is 0.124. The van der Waals surface area contributed by atoms with Gasteiger partial charge in [0.05, 0.1) is 11.3 Å². The molecule has 6 heteroatoms. The number of anilines is 1. The highest BCUT2D eigenvalue weighted by atomic mass is 35.5. The van der Waals surface area contributed by atoms with Gasteiger partial charge < -0.3 is 10.0 Å². The van der Waals surface area contributed by atoms with Crippen LogP contribution in [-0.2, 0) is 12.6 Å². The molecule has 0 radical (unpaired) electrons. The van der Waals surface area contributed by atoms with E-state index in [9.17, 15) is 9.90 Å². The smallest absolute Gasteiger partial charge is 0.278 e. The zero-order chi connectivity index (χ0) is 23.0. The van der Waals surface area contributed by atoms with Crippen LogP contribution in [0.1, 0.15) is 22.4 Å². The Kier molecular flexibility index (Phi) is 5.71. The molecule has 0 saturated heterocycles. The van der Waals surface area contributed by atoms with Crippen LogP contribution in [0.5, 0.6) is 0 Å². The maximum Gasteiger partial charge on any atom is 0.278 e. The first-order chi connectivity index (χ1) is 15.2. The van der Waals surface area contributed by atoms with Crippen LogP contribution in [0, 0.1) is 6.92 Å². The fourth-order valence-corrected chi connectivity index (χ4v) is 4.34. The summed E-state index contributed by atoms with van der Waals surface area (Å²) >= 11 is 6.30. The molecule has 0 amide bonds. The molecule has 0 bridgehead atoms. The number of hydrogen-bond donors (Lipinski definition) is 1. The molecule has 4 aromatic rings. The minimum atomic E-state index is -1.69. The Labute approximate surface area is 192 Å². The number of aromatic nitrogens is 2. The third-order valence-electron chi connectivity index (χ3n) is 5.96. The molecule has 4 rings (SSSR count). The lowest BCUT2D eigenvalue weighted by Crippen LogP contribution is -2.35. The van der Waals surface area contributed by atoms with Gasteiger partial charge in [-0.25, -0.2) is 4.68 Å². The van der Waals surface area contributed by atoms with Gasteiger partial charge in [-0.3, -0.25) is 9.48 Å². The summed E-state index contributed by atoms with van der Waals surface area (Å²) in [6.45, 7) is 1.85. The van der Waals surface area contributed by atoms with Crippen LogP contribution in [0.4, 0.5) is 5.69 Å². The van der Waals surface area contributed by atoms with E-state index >= 15 is 0 Å². The van der Waals surface area contributed by atoms with E-state index in [1.165, 1.54) is 0 Å². The first-order valence-corrected chi connectivity index (χ1v) is 10.7. The quantitative estimate of drug-likeness (QED) is 0.490. The van der Waals surface area contributed by atoms with Gasteiger partial charge in [-0.2, -0.15) is 0 Å². The molecule has 0 fully saturated rings. The van der Waals surface area contributed by atoms with Gasteiger partial charge in [-0.05, 0) is 54.4 Å². The molecule has 0 saturated carbocycles. The monoisotopic (exact) mass is 447 g/mol. The standard InChI is InChI=1S/C26H26ClN3O2/c1-18-24(25(31)30(29(18)4)23-11-6-5-7-12-23)26(32,20-9-8-10-21(27)17-20)19-13-15-22(16-14-19)28(2)3/h5-17,32H,1-4H3. The van der Waals surface area contributed by atoms with Crippen LogP contribution >= 0.6 is 11.6 Å². The lowest BCUT2D eigenvalue weighted by Gasteiger charge is -2.29. The zero-order valence-corrected chi connectivity index (χ0v) is 19.3. The third-order valence-corrected chi connectivity index (χ3v) is 6.19. The molecular formula is C26H26ClN3O2. The fourth-order valence-electron chi connectivity index (χ4n) is 4.15. The second-order valence-corrected chi connectivity index (χ2v) is 8.54. The SMILES string of the molecule is Cc1c(C(O)(c2ccc(N(C)C)cc2)c2cccc(Cl)c2)c(=O)n(-c2ccccc2)n1C. The third kappa shape index (κ3) is 3.53. The molecule has 3 aromatic carbocycles. The molecule has 0 aliphatic carbocycles. The van der Waals surface area contributed by atoms with Gasteiger partial charge >= 0.3 is 0 Å². The molecule has 1 atom stereocenters. The Bertz CT molecular complexity index is 1310. The highest BCUT2D eigenvalue weighted by molar-refractivity contribution is 6.30. The van der Waals surface area contributed by atoms with E-state index in [4.69, 9.17) is 11.6 Å². The van der Waals surface area contributed by atoms with Crippen LogP contribution in [0.3, 0.4) is 0 Å². The van der Waals surface area contributed by atoms with Crippen molar-refractivity contribution in [3.63, 3.8) is 0 Å². The summed E-state index contributed by atoms with van der Waals surface area (Å²) < 4.78 is 3.35. The van der Waals surface area contributed by atoms with Crippen molar-refractivity contribution in [1.29, 1.82) is 0 Å². The van der Waals surface area contributed by atoms with E-state index in [-0.39, 0.29) is 5.56 Å². The van der Waals surface area contributed by atoms with Crippen LogP contribution in [0.2, 0.25) is 5.02 Å². The topological polar surface area (TPSA) is 50.4 Å². The lowest BCUT2D eigenvalue weighted by atomic mass is 9.80. The van der Waals surface area contributed by atoms with E-state index in [2.05, 4.69) is 0 Å². The van der Waals surface area contributed by atoms with Gasteiger partial charge in [0.2, 0.25) is 0 Å². The molecular weight excluding hydrogens is 422 g/mol. The van der Waals surface area contributed by atoms with Crippen molar-refractivity contribution in [2.45, 2.75) is 12.5 Å². The number of benzene rings is 3. The number of hydrogen-bond acceptors (Lipinski definition) is 3. The fraction of sp³-hybridized carbons (Fsp3) is 0.192. The number of rotatable bonds is 5. The van der Waals surface area contributed by atoms with Crippen molar-refractivity contribution in [1.82, 2.24) is 9.36 Å². The molecule has 1 N–H and O–H groups in total. The number of para-hydroxylation sites is 1. The molecule has 164 valence electrons. The summed E-state index contributed by atoms with van der Waals surface area (Å²) in [5, 5.41) is 12.8. The van der Waals surface area contributed by atoms with Gasteiger partial charge in [0.15, 0.2) is 0 Å². The first kappa shape index (κ1) is 21.9. The number of aliphatic hydroxyl groups is 1. The van der Waals surface area contributed by atoms with Gasteiger partial charge in [-0.15, -0.1) is 0 Å². The summed E-state index contributed by atoms with van der Waals surface area (Å²) in [6.07, 6.45) is 0. The molecule has 0 spiro atoms. The van der Waals surface area contributed by atoms with Crippen LogP contribution < -0.4 is 10.5 Å². The maximum atomic E-state index is 13.8. The van der Waals surface area contributed by atoms with Crippen molar-refractivity contribution in [2.75, 3.05) is 19.0 Å². The maximum absolute atomic E-state index is 13.8. The summed E-state index contributed by atoms with van der Waals surface area (Å²) in [5.41, 5.74) is 1.84. The summed E-state index contributed by atoms with van der Waals surface area (Å²) in [7, 11) is 5.73. The van der Waals surface area contributed by atoms with Crippen molar-refractivity contribution < 1.29 is 5.11 Å². The molecule has 32 heavy (non-hydrogen) atoms. The highest BCUT2D eigenvalue weighted by Crippen LogP contribution is 2.38. The number of halogens is 1. The Balaban J connectivity index is 2.03. The van der Waals surface area contributed by atoms with E-state index in [0.29, 0.717) is 27.4 Å². The predicted octanol–water partition coefficient (Wildman–Crippen LogP) is 4.49. The second-order valence-electron chi connectivity index (χ2n) is 8.10. The van der Waals surface area contributed by atoms with Crippen molar-refractivity contribution in [2.24, 2.45) is 7.05 Å². The molecule has 1 heterocycles. The molecule has 1 aromatic heterocycles. The Hall–Kier alpha value is -3.28. The van der Waals surface area contributed by atoms with Crippen LogP contribution in [0.15, 0.2) is 83.7 Å². The van der Waals surface area contributed by atoms with Crippen LogP contribution in [0.25, 0.3) is 5.69 Å². The largest absolute Gasteiger partial charge is 0.378 e. The van der Waals surface area contributed by atoms with Crippen molar-refractivity contribution in [3.8, 4) is 5.69 Å². The van der Waals surface area contributed by atoms with Gasteiger partial charge in [0, 0.05) is 37.5 Å². The second kappa shape index (κ2) is 8.34. The Morgan fingerprint density at radius 3 is 2.16 bits per heavy atom. The minimum absolute atomic E-state index is 0.282. The van der Waals surface area contributed by atoms with Crippen molar-refractivity contribution >= 4 is 17.3 Å². The zero-order valence-electron chi connectivity index (χ0n) is 18.6. The van der Waals surface area contributed by atoms with E-state index in [0.717, 1.165) is 11.4 Å². The Morgan fingerprint density at radius 1 is 0.906 bits per heavy atom. The predicted molar refractivity (Wildman–Crippen MR) is 130 cm³/mol. The van der Waals surface area contributed by atoms with Gasteiger partial charge in [-0.1, -0.05) is 54.1 Å². The number of nitrogens with zero attached hydrogens (tertiary/aromatic N) is 3. The minimum Gasteiger partial charge on any atom is -0.378 e. The molecule has 0 aliphatic heterocycles. The van der Waals surface area contributed by atoms with E-state index < -0.39 is 5.60 Å².